The van der Waals surface area contributed by atoms with Gasteiger partial charge in [0.15, 0.2) is 0 Å². The Bertz CT molecular complexity index is 728. The minimum absolute atomic E-state index is 0.170. The molecule has 1 N–H and O–H groups in total. The number of aliphatic hydroxyl groups is 1. The van der Waals surface area contributed by atoms with Gasteiger partial charge in [0.1, 0.15) is 24.2 Å². The van der Waals surface area contributed by atoms with Crippen LogP contribution in [0.1, 0.15) is 11.1 Å². The molecule has 0 aromatic heterocycles. The summed E-state index contributed by atoms with van der Waals surface area (Å²) in [5.74, 6) is 1.39. The Balaban J connectivity index is 1.84. The number of likely N-dealkylation sites (N-methyl/N-ethyl adjacent to an activating group) is 1. The summed E-state index contributed by atoms with van der Waals surface area (Å²) in [7, 11) is 3.53. The van der Waals surface area contributed by atoms with Crippen molar-refractivity contribution in [2.45, 2.75) is 12.6 Å². The van der Waals surface area contributed by atoms with Crippen molar-refractivity contribution in [3.05, 3.63) is 58.6 Å². The quantitative estimate of drug-likeness (QED) is 0.783. The second-order valence-corrected chi connectivity index (χ2v) is 6.19. The first-order valence-electron chi connectivity index (χ1n) is 7.84. The molecule has 0 fully saturated rings. The number of aliphatic hydroxyl groups excluding tert-OH is 1. The summed E-state index contributed by atoms with van der Waals surface area (Å²) in [6.07, 6.45) is -0.647. The molecule has 2 aromatic carbocycles. The van der Waals surface area contributed by atoms with Gasteiger partial charge in [-0.2, -0.15) is 5.26 Å². The second-order valence-electron chi connectivity index (χ2n) is 5.75. The molecule has 1 unspecified atom stereocenters. The fourth-order valence-corrected chi connectivity index (χ4v) is 2.65. The molecular weight excluding hydrogens is 340 g/mol. The molecule has 5 nitrogen and oxygen atoms in total. The highest BCUT2D eigenvalue weighted by molar-refractivity contribution is 6.30. The third kappa shape index (κ3) is 5.95. The lowest BCUT2D eigenvalue weighted by Crippen LogP contribution is -2.32. The largest absolute Gasteiger partial charge is 0.496 e. The lowest BCUT2D eigenvalue weighted by atomic mass is 10.2. The van der Waals surface area contributed by atoms with Crippen molar-refractivity contribution in [2.24, 2.45) is 0 Å². The molecule has 0 saturated heterocycles. The monoisotopic (exact) mass is 360 g/mol. The molecule has 6 heteroatoms. The molecule has 0 bridgehead atoms. The summed E-state index contributed by atoms with van der Waals surface area (Å²) in [4.78, 5) is 1.97. The molecule has 0 radical (unpaired) electrons. The van der Waals surface area contributed by atoms with Crippen molar-refractivity contribution in [3.8, 4) is 17.6 Å². The molecule has 0 spiro atoms. The number of nitriles is 1. The first-order valence-corrected chi connectivity index (χ1v) is 8.21. The zero-order valence-corrected chi connectivity index (χ0v) is 15.0. The smallest absolute Gasteiger partial charge is 0.123 e. The lowest BCUT2D eigenvalue weighted by molar-refractivity contribution is 0.0742. The van der Waals surface area contributed by atoms with Gasteiger partial charge in [0.2, 0.25) is 0 Å². The first kappa shape index (κ1) is 19.1. The van der Waals surface area contributed by atoms with E-state index < -0.39 is 6.10 Å². The number of halogens is 1. The number of nitrogens with zero attached hydrogens (tertiary/aromatic N) is 2. The molecule has 0 saturated carbocycles. The number of rotatable bonds is 8. The molecule has 0 aliphatic rings. The second kappa shape index (κ2) is 9.28. The molecule has 2 aromatic rings. The molecule has 25 heavy (non-hydrogen) atoms. The van der Waals surface area contributed by atoms with Gasteiger partial charge in [0.05, 0.1) is 18.7 Å². The van der Waals surface area contributed by atoms with Crippen molar-refractivity contribution in [2.75, 3.05) is 27.3 Å². The summed E-state index contributed by atoms with van der Waals surface area (Å²) >= 11 is 6.04. The zero-order valence-electron chi connectivity index (χ0n) is 14.3. The van der Waals surface area contributed by atoms with Crippen molar-refractivity contribution in [1.82, 2.24) is 4.90 Å². The normalized spacial score (nSPS) is 11.8. The predicted octanol–water partition coefficient (Wildman–Crippen LogP) is 3.09. The molecule has 2 rings (SSSR count). The van der Waals surface area contributed by atoms with E-state index in [1.54, 1.807) is 37.4 Å². The maximum Gasteiger partial charge on any atom is 0.123 e. The van der Waals surface area contributed by atoms with Gasteiger partial charge >= 0.3 is 0 Å². The summed E-state index contributed by atoms with van der Waals surface area (Å²) in [5, 5.41) is 19.6. The van der Waals surface area contributed by atoms with Crippen molar-refractivity contribution >= 4 is 11.6 Å². The van der Waals surface area contributed by atoms with E-state index in [1.165, 1.54) is 0 Å². The van der Waals surface area contributed by atoms with Crippen LogP contribution in [0, 0.1) is 11.3 Å². The molecule has 1 atom stereocenters. The van der Waals surface area contributed by atoms with E-state index in [-0.39, 0.29) is 6.61 Å². The van der Waals surface area contributed by atoms with Crippen LogP contribution in [-0.2, 0) is 6.54 Å². The van der Waals surface area contributed by atoms with Crippen LogP contribution in [0.3, 0.4) is 0 Å². The number of ether oxygens (including phenoxy) is 2. The first-order chi connectivity index (χ1) is 12.0. The van der Waals surface area contributed by atoms with Crippen LogP contribution in [0.25, 0.3) is 0 Å². The van der Waals surface area contributed by atoms with Crippen molar-refractivity contribution < 1.29 is 14.6 Å². The minimum atomic E-state index is -0.647. The number of methoxy groups -OCH3 is 1. The van der Waals surface area contributed by atoms with E-state index in [9.17, 15) is 5.11 Å². The molecule has 0 amide bonds. The Morgan fingerprint density at radius 3 is 2.60 bits per heavy atom. The van der Waals surface area contributed by atoms with Crippen LogP contribution in [0.5, 0.6) is 11.5 Å². The third-order valence-electron chi connectivity index (χ3n) is 3.63. The highest BCUT2D eigenvalue weighted by Gasteiger charge is 2.12. The maximum atomic E-state index is 10.2. The average Bonchev–Trinajstić information content (AvgIpc) is 2.60. The number of hydrogen-bond donors (Lipinski definition) is 1. The molecule has 0 aliphatic carbocycles. The van der Waals surface area contributed by atoms with Crippen LogP contribution in [-0.4, -0.2) is 43.4 Å². The van der Waals surface area contributed by atoms with E-state index in [1.807, 2.05) is 24.1 Å². The summed E-state index contributed by atoms with van der Waals surface area (Å²) in [5.41, 5.74) is 1.53. The zero-order chi connectivity index (χ0) is 18.2. The predicted molar refractivity (Wildman–Crippen MR) is 97.0 cm³/mol. The standard InChI is InChI=1S/C19H21ClN2O3/c1-22(11-15-9-16(20)5-8-19(15)24-2)12-17(23)13-25-18-6-3-14(10-21)4-7-18/h3-9,17,23H,11-13H2,1-2H3. The Hall–Kier alpha value is -2.26. The molecule has 132 valence electrons. The van der Waals surface area contributed by atoms with Crippen LogP contribution in [0.15, 0.2) is 42.5 Å². The van der Waals surface area contributed by atoms with Crippen LogP contribution < -0.4 is 9.47 Å². The van der Waals surface area contributed by atoms with E-state index in [0.717, 1.165) is 11.3 Å². The van der Waals surface area contributed by atoms with Gasteiger partial charge in [0.25, 0.3) is 0 Å². The SMILES string of the molecule is COc1ccc(Cl)cc1CN(C)CC(O)COc1ccc(C#N)cc1. The van der Waals surface area contributed by atoms with Crippen molar-refractivity contribution in [1.29, 1.82) is 5.26 Å². The van der Waals surface area contributed by atoms with E-state index >= 15 is 0 Å². The van der Waals surface area contributed by atoms with Gasteiger partial charge in [-0.1, -0.05) is 11.6 Å². The van der Waals surface area contributed by atoms with Gasteiger partial charge < -0.3 is 14.6 Å². The van der Waals surface area contributed by atoms with Gasteiger partial charge in [-0.25, -0.2) is 0 Å². The summed E-state index contributed by atoms with van der Waals surface area (Å²) in [6.45, 7) is 1.20. The van der Waals surface area contributed by atoms with E-state index in [2.05, 4.69) is 6.07 Å². The number of hydrogen-bond acceptors (Lipinski definition) is 5. The highest BCUT2D eigenvalue weighted by Crippen LogP contribution is 2.23. The van der Waals surface area contributed by atoms with Gasteiger partial charge in [-0.3, -0.25) is 4.90 Å². The van der Waals surface area contributed by atoms with E-state index in [4.69, 9.17) is 26.3 Å². The lowest BCUT2D eigenvalue weighted by Gasteiger charge is -2.22. The van der Waals surface area contributed by atoms with Crippen LogP contribution in [0.2, 0.25) is 5.02 Å². The minimum Gasteiger partial charge on any atom is -0.496 e. The van der Waals surface area contributed by atoms with Crippen LogP contribution >= 0.6 is 11.6 Å². The fraction of sp³-hybridized carbons (Fsp3) is 0.316. The Labute approximate surface area is 153 Å². The average molecular weight is 361 g/mol. The Morgan fingerprint density at radius 2 is 1.96 bits per heavy atom. The fourth-order valence-electron chi connectivity index (χ4n) is 2.46. The Morgan fingerprint density at radius 1 is 1.24 bits per heavy atom. The van der Waals surface area contributed by atoms with Crippen molar-refractivity contribution in [3.63, 3.8) is 0 Å². The summed E-state index contributed by atoms with van der Waals surface area (Å²) < 4.78 is 10.9. The van der Waals surface area contributed by atoms with Crippen LogP contribution in [0.4, 0.5) is 0 Å². The molecule has 0 aliphatic heterocycles. The molecule has 0 heterocycles. The third-order valence-corrected chi connectivity index (χ3v) is 3.87. The Kier molecular flexibility index (Phi) is 7.08. The number of benzene rings is 2. The highest BCUT2D eigenvalue weighted by atomic mass is 35.5. The van der Waals surface area contributed by atoms with Gasteiger partial charge in [0, 0.05) is 23.7 Å². The summed E-state index contributed by atoms with van der Waals surface area (Å²) in [6, 6.07) is 14.3. The molecular formula is C19H21ClN2O3. The van der Waals surface area contributed by atoms with Gasteiger partial charge in [-0.15, -0.1) is 0 Å². The maximum absolute atomic E-state index is 10.2. The van der Waals surface area contributed by atoms with Gasteiger partial charge in [-0.05, 0) is 49.5 Å². The van der Waals surface area contributed by atoms with E-state index in [0.29, 0.717) is 29.4 Å². The topological polar surface area (TPSA) is 65.7 Å².